The number of halogens is 5. The normalized spacial score (nSPS) is 13.8. The first kappa shape index (κ1) is 75.7. The standard InChI is InChI=1S/C15H13Cl2N3O2.C15H18N6O6S.C11H11Cl2NO2.C8H14ClN5.C5H12NO4P/c1-2-7-22-13-9-12(10(16)8-11(13)17)20-15(21)19-6-4-3-5-14(19)18-20;1-21(2)13(22)9-6-5-7-16-12(9)28(24,25)20-15(23)19-14-17-10(26-3)8-11(18-14)27-4;1-7-6-16-9-5-3-2-4-8(9)14(7)11(15)10(12)13;1-4-10-7-12-6(9)13-8(14-7)11-5(2)3;1-11(9,10)3-2-4(6)5(7)8/h1,8-9H,3-7H2;5-8H,1-4H3,(H2,17,18,19,20,23);2-5,7,10H,6H2,1H3;5H,4H2,1-3H3,(H2,10,11,12,13,14);4H,2-3,6H2,1H3,(H,7,8)(H,9,10). The number of carboxylic acid groups (broad SMARTS) is 1. The summed E-state index contributed by atoms with van der Waals surface area (Å²) >= 11 is 29.3. The van der Waals surface area contributed by atoms with E-state index in [0.29, 0.717) is 52.3 Å². The van der Waals surface area contributed by atoms with Crippen molar-refractivity contribution in [3.8, 4) is 41.3 Å². The Labute approximate surface area is 549 Å². The Balaban J connectivity index is 0.000000252. The molecule has 91 heavy (non-hydrogen) atoms. The molecular weight excluding hydrogens is 1340 g/mol. The van der Waals surface area contributed by atoms with Gasteiger partial charge in [0.1, 0.15) is 36.6 Å². The average Bonchev–Trinajstić information content (AvgIpc) is 1.76. The van der Waals surface area contributed by atoms with Crippen LogP contribution in [0.2, 0.25) is 15.3 Å². The third-order valence-corrected chi connectivity index (χ3v) is 15.2. The Hall–Kier alpha value is -7.79. The summed E-state index contributed by atoms with van der Waals surface area (Å²) in [6.45, 7) is 11.0. The Morgan fingerprint density at radius 1 is 0.945 bits per heavy atom. The quantitative estimate of drug-likeness (QED) is 0.0262. The molecule has 4 aromatic heterocycles. The second kappa shape index (κ2) is 35.7. The summed E-state index contributed by atoms with van der Waals surface area (Å²) in [5, 5.41) is 21.1. The van der Waals surface area contributed by atoms with Crippen molar-refractivity contribution in [1.82, 2.24) is 53.9 Å². The van der Waals surface area contributed by atoms with E-state index in [9.17, 15) is 37.0 Å². The number of nitrogens with one attached hydrogen (secondary N) is 4. The molecule has 8 N–H and O–H groups in total. The van der Waals surface area contributed by atoms with Crippen LogP contribution in [0.3, 0.4) is 0 Å². The van der Waals surface area contributed by atoms with E-state index in [-0.39, 0.29) is 71.4 Å². The fraction of sp³-hybridized carbons (Fsp3) is 0.407. The van der Waals surface area contributed by atoms with Gasteiger partial charge in [-0.3, -0.25) is 28.8 Å². The van der Waals surface area contributed by atoms with Crippen molar-refractivity contribution in [3.05, 3.63) is 98.0 Å². The maximum atomic E-state index is 12.5. The Bertz CT molecular complexity index is 3740. The van der Waals surface area contributed by atoms with Gasteiger partial charge in [0.2, 0.25) is 34.9 Å². The Kier molecular flexibility index (Phi) is 29.7. The van der Waals surface area contributed by atoms with E-state index in [4.69, 9.17) is 99.1 Å². The van der Waals surface area contributed by atoms with Gasteiger partial charge in [0.25, 0.3) is 21.8 Å². The van der Waals surface area contributed by atoms with Crippen LogP contribution in [0.15, 0.2) is 70.6 Å². The van der Waals surface area contributed by atoms with Crippen LogP contribution in [0, 0.1) is 12.3 Å². The monoisotopic (exact) mass is 1400 g/mol. The molecule has 30 nitrogen and oxygen atoms in total. The number of alkyl halides is 2. The number of nitrogens with zero attached hydrogens (tertiary/aromatic N) is 11. The molecule has 6 heterocycles. The van der Waals surface area contributed by atoms with Gasteiger partial charge in [0, 0.05) is 64.7 Å². The summed E-state index contributed by atoms with van der Waals surface area (Å²) in [4.78, 5) is 92.7. The SMILES string of the molecule is C#CCOc1cc(-n2nc3n(c2=O)CCCC3)c(Cl)cc1Cl.CC1COc2ccccc2N1C(=O)C(Cl)Cl.CCNc1nc(Cl)nc(NC(C)C)n1.COc1cc(OC)nc(NC(=O)NS(=O)(=O)c2ncccc2C(=O)N(C)C)n1.CP(=O)(O)CCC(N)C(=O)O. The summed E-state index contributed by atoms with van der Waals surface area (Å²) in [6, 6.07) is 12.5. The van der Waals surface area contributed by atoms with Crippen molar-refractivity contribution in [3.63, 3.8) is 0 Å². The zero-order valence-corrected chi connectivity index (χ0v) is 56.1. The summed E-state index contributed by atoms with van der Waals surface area (Å²) in [6.07, 6.45) is 9.16. The number of sulfonamides is 1. The van der Waals surface area contributed by atoms with E-state index >= 15 is 0 Å². The van der Waals surface area contributed by atoms with Crippen LogP contribution >= 0.6 is 65.4 Å². The predicted molar refractivity (Wildman–Crippen MR) is 345 cm³/mol. The first-order valence-electron chi connectivity index (χ1n) is 27.1. The number of carbonyl (C=O) groups is 4. The van der Waals surface area contributed by atoms with E-state index in [1.54, 1.807) is 20.3 Å². The third-order valence-electron chi connectivity index (χ3n) is 11.7. The number of hydrogen-bond donors (Lipinski definition) is 7. The molecule has 2 aromatic carbocycles. The number of carbonyl (C=O) groups excluding carboxylic acids is 3. The summed E-state index contributed by atoms with van der Waals surface area (Å²) in [7, 11) is -1.95. The molecule has 0 bridgehead atoms. The number of aryl methyl sites for hydroxylation is 1. The van der Waals surface area contributed by atoms with E-state index in [1.807, 2.05) is 52.0 Å². The van der Waals surface area contributed by atoms with Crippen LogP contribution < -0.4 is 55.9 Å². The number of rotatable bonds is 18. The number of anilines is 4. The number of terminal acetylenes is 1. The Morgan fingerprint density at radius 2 is 1.60 bits per heavy atom. The summed E-state index contributed by atoms with van der Waals surface area (Å²) in [5.74, 6) is 3.07. The van der Waals surface area contributed by atoms with Gasteiger partial charge in [-0.1, -0.05) is 64.5 Å². The van der Waals surface area contributed by atoms with Gasteiger partial charge >= 0.3 is 17.7 Å². The number of methoxy groups -OCH3 is 2. The largest absolute Gasteiger partial charge is 0.489 e. The molecule has 494 valence electrons. The number of aliphatic carboxylic acids is 1. The molecule has 0 radical (unpaired) electrons. The minimum absolute atomic E-state index is 0.0412. The van der Waals surface area contributed by atoms with Gasteiger partial charge in [0.05, 0.1) is 53.3 Å². The molecule has 37 heteroatoms. The van der Waals surface area contributed by atoms with Crippen LogP contribution in [-0.4, -0.2) is 175 Å². The van der Waals surface area contributed by atoms with E-state index in [1.165, 1.54) is 75.0 Å². The molecule has 0 aliphatic carbocycles. The first-order valence-corrected chi connectivity index (χ1v) is 32.9. The van der Waals surface area contributed by atoms with Crippen molar-refractivity contribution in [2.24, 2.45) is 5.73 Å². The third kappa shape index (κ3) is 23.4. The average molecular weight is 1410 g/mol. The van der Waals surface area contributed by atoms with E-state index < -0.39 is 51.2 Å². The van der Waals surface area contributed by atoms with Gasteiger partial charge in [-0.2, -0.15) is 38.0 Å². The number of hydrogen-bond acceptors (Lipinski definition) is 22. The number of nitrogens with two attached hydrogens (primary N) is 1. The molecule has 0 saturated heterocycles. The minimum Gasteiger partial charge on any atom is -0.489 e. The topological polar surface area (TPSA) is 395 Å². The van der Waals surface area contributed by atoms with Crippen LogP contribution in [0.5, 0.6) is 23.3 Å². The molecule has 4 amide bonds. The second-order valence-electron chi connectivity index (χ2n) is 19.6. The lowest BCUT2D eigenvalue weighted by Gasteiger charge is -2.35. The van der Waals surface area contributed by atoms with Crippen molar-refractivity contribution < 1.29 is 61.1 Å². The number of aromatic nitrogens is 9. The zero-order valence-electron chi connectivity index (χ0n) is 50.6. The van der Waals surface area contributed by atoms with Gasteiger partial charge in [0.15, 0.2) is 17.2 Å². The van der Waals surface area contributed by atoms with Gasteiger partial charge < -0.3 is 55.1 Å². The maximum Gasteiger partial charge on any atom is 0.350 e. The zero-order chi connectivity index (χ0) is 67.9. The van der Waals surface area contributed by atoms with Crippen LogP contribution in [0.4, 0.5) is 28.3 Å². The number of fused-ring (bicyclic) bond motifs is 2. The highest BCUT2D eigenvalue weighted by atomic mass is 35.5. The highest BCUT2D eigenvalue weighted by Gasteiger charge is 2.32. The van der Waals surface area contributed by atoms with Crippen LogP contribution in [0.25, 0.3) is 5.69 Å². The number of amides is 4. The molecule has 3 atom stereocenters. The molecule has 3 unspecified atom stereocenters. The minimum atomic E-state index is -4.46. The smallest absolute Gasteiger partial charge is 0.350 e. The molecule has 2 aliphatic rings. The van der Waals surface area contributed by atoms with Gasteiger partial charge in [-0.15, -0.1) is 11.5 Å². The van der Waals surface area contributed by atoms with Crippen molar-refractivity contribution in [1.29, 1.82) is 0 Å². The van der Waals surface area contributed by atoms with E-state index in [0.717, 1.165) is 37.3 Å². The number of urea groups is 1. The Morgan fingerprint density at radius 3 is 2.19 bits per heavy atom. The first-order chi connectivity index (χ1) is 42.8. The fourth-order valence-electron chi connectivity index (χ4n) is 7.60. The molecule has 8 rings (SSSR count). The number of pyridine rings is 1. The fourth-order valence-corrected chi connectivity index (χ4v) is 10.3. The number of ether oxygens (including phenoxy) is 4. The van der Waals surface area contributed by atoms with Crippen molar-refractivity contribution in [2.45, 2.75) is 87.9 Å². The van der Waals surface area contributed by atoms with Crippen LogP contribution in [0.1, 0.15) is 63.1 Å². The molecule has 2 aliphatic heterocycles. The molecule has 6 aromatic rings. The predicted octanol–water partition coefficient (Wildman–Crippen LogP) is 6.86. The number of benzene rings is 2. The lowest BCUT2D eigenvalue weighted by molar-refractivity contribution is -0.138. The molecular formula is C54H68Cl5N16O14PS. The number of para-hydroxylation sites is 2. The highest BCUT2D eigenvalue weighted by molar-refractivity contribution is 7.90. The second-order valence-corrected chi connectivity index (χ2v) is 26.0. The van der Waals surface area contributed by atoms with Crippen LogP contribution in [-0.2, 0) is 37.1 Å². The summed E-state index contributed by atoms with van der Waals surface area (Å²) < 4.78 is 61.2. The summed E-state index contributed by atoms with van der Waals surface area (Å²) in [5.41, 5.74) is 5.85. The molecule has 0 saturated carbocycles. The van der Waals surface area contributed by atoms with Gasteiger partial charge in [-0.25, -0.2) is 19.3 Å². The maximum absolute atomic E-state index is 12.5. The molecule has 0 spiro atoms. The van der Waals surface area contributed by atoms with Gasteiger partial charge in [-0.05, 0) is 88.9 Å². The van der Waals surface area contributed by atoms with Crippen molar-refractivity contribution in [2.75, 3.05) is 81.8 Å². The van der Waals surface area contributed by atoms with Crippen molar-refractivity contribution >= 4 is 123 Å². The highest BCUT2D eigenvalue weighted by Crippen LogP contribution is 2.37. The lowest BCUT2D eigenvalue weighted by Crippen LogP contribution is -2.47. The molecule has 0 fully saturated rings. The van der Waals surface area contributed by atoms with E-state index in [2.05, 4.69) is 56.9 Å². The lowest BCUT2D eigenvalue weighted by atomic mass is 10.1. The number of carboxylic acids is 1.